The average Bonchev–Trinajstić information content (AvgIpc) is 3.30. The van der Waals surface area contributed by atoms with Crippen molar-refractivity contribution in [3.8, 4) is 11.3 Å². The van der Waals surface area contributed by atoms with Gasteiger partial charge in [-0.1, -0.05) is 24.3 Å². The molecule has 1 N–H and O–H groups in total. The molecule has 1 aromatic heterocycles. The van der Waals surface area contributed by atoms with Gasteiger partial charge in [0.05, 0.1) is 17.0 Å². The number of imide groups is 1. The molecule has 31 heavy (non-hydrogen) atoms. The molecule has 1 fully saturated rings. The van der Waals surface area contributed by atoms with Crippen molar-refractivity contribution in [1.29, 1.82) is 0 Å². The second-order valence-corrected chi connectivity index (χ2v) is 7.87. The second kappa shape index (κ2) is 8.23. The van der Waals surface area contributed by atoms with Crippen LogP contribution in [0.5, 0.6) is 0 Å². The molecule has 3 aromatic rings. The van der Waals surface area contributed by atoms with Gasteiger partial charge in [0, 0.05) is 11.6 Å². The Bertz CT molecular complexity index is 1230. The lowest BCUT2D eigenvalue weighted by atomic mass is 10.0. The van der Waals surface area contributed by atoms with Crippen LogP contribution < -0.4 is 0 Å². The van der Waals surface area contributed by atoms with E-state index >= 15 is 0 Å². The van der Waals surface area contributed by atoms with Crippen LogP contribution in [0.1, 0.15) is 27.2 Å². The minimum absolute atomic E-state index is 0.0485. The van der Waals surface area contributed by atoms with E-state index < -0.39 is 22.9 Å². The predicted octanol–water partition coefficient (Wildman–Crippen LogP) is 5.33. The van der Waals surface area contributed by atoms with Crippen LogP contribution in [-0.2, 0) is 11.3 Å². The Kier molecular flexibility index (Phi) is 5.48. The average molecular weight is 437 g/mol. The maximum atomic E-state index is 13.1. The fraction of sp³-hybridized carbons (Fsp3) is 0.0870. The first-order chi connectivity index (χ1) is 14.8. The van der Waals surface area contributed by atoms with Crippen molar-refractivity contribution in [2.45, 2.75) is 13.5 Å². The van der Waals surface area contributed by atoms with Crippen LogP contribution in [0.4, 0.5) is 9.18 Å². The molecule has 0 saturated carbocycles. The summed E-state index contributed by atoms with van der Waals surface area (Å²) in [7, 11) is 0. The number of rotatable bonds is 5. The molecule has 0 unspecified atom stereocenters. The second-order valence-electron chi connectivity index (χ2n) is 6.88. The Morgan fingerprint density at radius 1 is 1.13 bits per heavy atom. The first kappa shape index (κ1) is 20.6. The number of amides is 2. The normalized spacial score (nSPS) is 15.2. The molecular weight excluding hydrogens is 421 g/mol. The summed E-state index contributed by atoms with van der Waals surface area (Å²) in [5, 5.41) is 8.88. The highest BCUT2D eigenvalue weighted by Crippen LogP contribution is 2.35. The molecule has 156 valence electrons. The number of carboxylic acids is 1. The van der Waals surface area contributed by atoms with E-state index in [0.29, 0.717) is 28.2 Å². The van der Waals surface area contributed by atoms with Gasteiger partial charge in [0.2, 0.25) is 0 Å². The molecule has 1 saturated heterocycles. The highest BCUT2D eigenvalue weighted by molar-refractivity contribution is 8.18. The van der Waals surface area contributed by atoms with Crippen molar-refractivity contribution < 1.29 is 28.3 Å². The van der Waals surface area contributed by atoms with Crippen LogP contribution in [-0.4, -0.2) is 27.1 Å². The van der Waals surface area contributed by atoms with E-state index in [4.69, 9.17) is 4.42 Å². The van der Waals surface area contributed by atoms with Gasteiger partial charge in [0.15, 0.2) is 0 Å². The third-order valence-electron chi connectivity index (χ3n) is 4.86. The molecule has 4 rings (SSSR count). The van der Waals surface area contributed by atoms with Crippen LogP contribution in [0.3, 0.4) is 0 Å². The number of halogens is 1. The fourth-order valence-electron chi connectivity index (χ4n) is 3.25. The quantitative estimate of drug-likeness (QED) is 0.543. The van der Waals surface area contributed by atoms with Crippen molar-refractivity contribution in [2.75, 3.05) is 0 Å². The lowest BCUT2D eigenvalue weighted by Crippen LogP contribution is -2.27. The maximum absolute atomic E-state index is 13.1. The zero-order valence-corrected chi connectivity index (χ0v) is 17.1. The van der Waals surface area contributed by atoms with Gasteiger partial charge >= 0.3 is 5.97 Å². The summed E-state index contributed by atoms with van der Waals surface area (Å²) in [6.07, 6.45) is 1.48. The number of hydrogen-bond donors (Lipinski definition) is 1. The third-order valence-corrected chi connectivity index (χ3v) is 5.76. The number of thioether (sulfide) groups is 1. The molecule has 2 aromatic carbocycles. The van der Waals surface area contributed by atoms with Crippen molar-refractivity contribution in [3.63, 3.8) is 0 Å². The number of benzene rings is 2. The standard InChI is InChI=1S/C23H16FNO5S/c1-13-17(3-2-4-18(13)22(27)28)19-10-9-16(30-19)11-20-21(26)25(23(29)31-20)12-14-5-7-15(24)8-6-14/h2-11H,12H2,1H3,(H,27,28). The van der Waals surface area contributed by atoms with Crippen LogP contribution in [0.2, 0.25) is 0 Å². The summed E-state index contributed by atoms with van der Waals surface area (Å²) in [5.41, 5.74) is 2.01. The third kappa shape index (κ3) is 4.15. The lowest BCUT2D eigenvalue weighted by Gasteiger charge is -2.12. The molecular formula is C23H16FNO5S. The molecule has 2 heterocycles. The van der Waals surface area contributed by atoms with E-state index in [2.05, 4.69) is 0 Å². The van der Waals surface area contributed by atoms with Crippen LogP contribution in [0, 0.1) is 12.7 Å². The molecule has 1 aliphatic rings. The molecule has 6 nitrogen and oxygen atoms in total. The molecule has 0 aliphatic carbocycles. The Hall–Kier alpha value is -3.65. The molecule has 0 radical (unpaired) electrons. The number of hydrogen-bond acceptors (Lipinski definition) is 5. The number of aromatic carboxylic acids is 1. The van der Waals surface area contributed by atoms with E-state index in [1.165, 1.54) is 36.4 Å². The first-order valence-electron chi connectivity index (χ1n) is 9.26. The summed E-state index contributed by atoms with van der Waals surface area (Å²) in [4.78, 5) is 37.6. The monoisotopic (exact) mass is 437 g/mol. The van der Waals surface area contributed by atoms with E-state index in [0.717, 1.165) is 16.7 Å². The zero-order valence-electron chi connectivity index (χ0n) is 16.3. The van der Waals surface area contributed by atoms with Gasteiger partial charge in [-0.25, -0.2) is 9.18 Å². The van der Waals surface area contributed by atoms with Gasteiger partial charge in [-0.05, 0) is 60.1 Å². The predicted molar refractivity (Wildman–Crippen MR) is 114 cm³/mol. The van der Waals surface area contributed by atoms with Crippen LogP contribution in [0.25, 0.3) is 17.4 Å². The van der Waals surface area contributed by atoms with Crippen LogP contribution >= 0.6 is 11.8 Å². The van der Waals surface area contributed by atoms with Crippen molar-refractivity contribution in [1.82, 2.24) is 4.90 Å². The summed E-state index contributed by atoms with van der Waals surface area (Å²) < 4.78 is 18.9. The highest BCUT2D eigenvalue weighted by Gasteiger charge is 2.35. The fourth-order valence-corrected chi connectivity index (χ4v) is 4.07. The molecule has 0 atom stereocenters. The number of carboxylic acid groups (broad SMARTS) is 1. The van der Waals surface area contributed by atoms with Gasteiger partial charge in [0.1, 0.15) is 17.3 Å². The summed E-state index contributed by atoms with van der Waals surface area (Å²) >= 11 is 0.800. The van der Waals surface area contributed by atoms with Gasteiger partial charge < -0.3 is 9.52 Å². The maximum Gasteiger partial charge on any atom is 0.335 e. The molecule has 1 aliphatic heterocycles. The Labute approximate surface area is 181 Å². The molecule has 8 heteroatoms. The van der Waals surface area contributed by atoms with E-state index in [-0.39, 0.29) is 17.0 Å². The Balaban J connectivity index is 1.56. The van der Waals surface area contributed by atoms with Crippen molar-refractivity contribution >= 4 is 35.0 Å². The van der Waals surface area contributed by atoms with Gasteiger partial charge in [0.25, 0.3) is 11.1 Å². The van der Waals surface area contributed by atoms with Crippen molar-refractivity contribution in [3.05, 3.63) is 87.8 Å². The lowest BCUT2D eigenvalue weighted by molar-refractivity contribution is -0.123. The van der Waals surface area contributed by atoms with Gasteiger partial charge in [-0.2, -0.15) is 0 Å². The SMILES string of the molecule is Cc1c(C(=O)O)cccc1-c1ccc(C=C2SC(=O)N(Cc3ccc(F)cc3)C2=O)o1. The highest BCUT2D eigenvalue weighted by atomic mass is 32.2. The number of carbonyl (C=O) groups is 3. The molecule has 0 spiro atoms. The van der Waals surface area contributed by atoms with E-state index in [1.807, 2.05) is 0 Å². The van der Waals surface area contributed by atoms with E-state index in [1.54, 1.807) is 31.2 Å². The number of furan rings is 1. The van der Waals surface area contributed by atoms with Crippen molar-refractivity contribution in [2.24, 2.45) is 0 Å². The number of carbonyl (C=O) groups excluding carboxylic acids is 2. The first-order valence-corrected chi connectivity index (χ1v) is 10.1. The van der Waals surface area contributed by atoms with Gasteiger partial charge in [-0.15, -0.1) is 0 Å². The minimum Gasteiger partial charge on any atom is -0.478 e. The largest absolute Gasteiger partial charge is 0.478 e. The zero-order chi connectivity index (χ0) is 22.1. The summed E-state index contributed by atoms with van der Waals surface area (Å²) in [6.45, 7) is 1.74. The van der Waals surface area contributed by atoms with E-state index in [9.17, 15) is 23.9 Å². The Morgan fingerprint density at radius 3 is 2.58 bits per heavy atom. The van der Waals surface area contributed by atoms with Crippen LogP contribution in [0.15, 0.2) is 63.9 Å². The summed E-state index contributed by atoms with van der Waals surface area (Å²) in [5.74, 6) is -1.06. The van der Waals surface area contributed by atoms with Gasteiger partial charge in [-0.3, -0.25) is 14.5 Å². The number of nitrogens with zero attached hydrogens (tertiary/aromatic N) is 1. The topological polar surface area (TPSA) is 87.8 Å². The minimum atomic E-state index is -1.03. The molecule has 0 bridgehead atoms. The Morgan fingerprint density at radius 2 is 1.87 bits per heavy atom. The summed E-state index contributed by atoms with van der Waals surface area (Å²) in [6, 6.07) is 13.8. The molecule has 2 amide bonds. The smallest absolute Gasteiger partial charge is 0.335 e.